The van der Waals surface area contributed by atoms with Gasteiger partial charge in [-0.05, 0) is 42.8 Å². The summed E-state index contributed by atoms with van der Waals surface area (Å²) in [6, 6.07) is 12.0. The smallest absolute Gasteiger partial charge is 0.433 e. The van der Waals surface area contributed by atoms with Crippen LogP contribution in [0, 0.1) is 11.3 Å². The number of benzene rings is 1. The fourth-order valence-electron chi connectivity index (χ4n) is 3.23. The second kappa shape index (κ2) is 9.24. The highest BCUT2D eigenvalue weighted by molar-refractivity contribution is 6.09. The van der Waals surface area contributed by atoms with Crippen LogP contribution in [0.1, 0.15) is 29.5 Å². The van der Waals surface area contributed by atoms with Gasteiger partial charge in [-0.15, -0.1) is 4.58 Å². The summed E-state index contributed by atoms with van der Waals surface area (Å²) in [6.45, 7) is 1.49. The Morgan fingerprint density at radius 1 is 1.32 bits per heavy atom. The molecule has 0 saturated heterocycles. The van der Waals surface area contributed by atoms with Crippen molar-refractivity contribution in [2.24, 2.45) is 0 Å². The maximum Gasteiger partial charge on any atom is 0.433 e. The molecule has 2 aromatic rings. The van der Waals surface area contributed by atoms with Crippen LogP contribution in [-0.2, 0) is 9.53 Å². The van der Waals surface area contributed by atoms with Crippen LogP contribution in [0.5, 0.6) is 0 Å². The van der Waals surface area contributed by atoms with E-state index in [1.165, 1.54) is 13.2 Å². The number of carbonyl (C=O) groups is 2. The third kappa shape index (κ3) is 4.32. The monoisotopic (exact) mass is 421 g/mol. The average molecular weight is 421 g/mol. The molecule has 3 rings (SSSR count). The van der Waals surface area contributed by atoms with E-state index in [-0.39, 0.29) is 36.6 Å². The van der Waals surface area contributed by atoms with Crippen molar-refractivity contribution in [3.8, 4) is 17.4 Å². The number of hydrogen-bond acceptors (Lipinski definition) is 6. The molecular weight excluding hydrogens is 400 g/mol. The first kappa shape index (κ1) is 21.7. The molecule has 0 fully saturated rings. The normalized spacial score (nSPS) is 15.4. The van der Waals surface area contributed by atoms with Crippen LogP contribution in [-0.4, -0.2) is 52.8 Å². The van der Waals surface area contributed by atoms with E-state index in [0.717, 1.165) is 4.58 Å². The van der Waals surface area contributed by atoms with Gasteiger partial charge in [-0.3, -0.25) is 0 Å². The Morgan fingerprint density at radius 2 is 2.10 bits per heavy atom. The third-order valence-electron chi connectivity index (χ3n) is 4.87. The molecule has 1 aliphatic heterocycles. The molecule has 0 atom stereocenters. The average Bonchev–Trinajstić information content (AvgIpc) is 3.25. The summed E-state index contributed by atoms with van der Waals surface area (Å²) in [5.74, 6) is -0.505. The zero-order valence-electron chi connectivity index (χ0n) is 17.1. The maximum absolute atomic E-state index is 12.5. The van der Waals surface area contributed by atoms with E-state index in [9.17, 15) is 20.0 Å². The number of amides is 1. The summed E-state index contributed by atoms with van der Waals surface area (Å²) in [5.41, 5.74) is 1.56. The van der Waals surface area contributed by atoms with E-state index in [1.54, 1.807) is 43.3 Å². The number of ether oxygens (including phenoxy) is 1. The Kier molecular flexibility index (Phi) is 6.48. The van der Waals surface area contributed by atoms with Gasteiger partial charge in [0, 0.05) is 18.6 Å². The van der Waals surface area contributed by atoms with Crippen LogP contribution in [0.2, 0.25) is 0 Å². The topological polar surface area (TPSA) is 124 Å². The van der Waals surface area contributed by atoms with Gasteiger partial charge in [0.15, 0.2) is 12.1 Å². The molecule has 1 aliphatic rings. The van der Waals surface area contributed by atoms with E-state index in [2.05, 4.69) is 0 Å². The Hall–Kier alpha value is -3.96. The van der Waals surface area contributed by atoms with Crippen molar-refractivity contribution in [2.75, 3.05) is 20.3 Å². The predicted octanol–water partition coefficient (Wildman–Crippen LogP) is 2.85. The van der Waals surface area contributed by atoms with Crippen LogP contribution in [0.25, 0.3) is 17.4 Å². The maximum atomic E-state index is 12.5. The lowest BCUT2D eigenvalue weighted by atomic mass is 9.97. The number of methoxy groups -OCH3 is 1. The van der Waals surface area contributed by atoms with Crippen molar-refractivity contribution >= 4 is 23.9 Å². The summed E-state index contributed by atoms with van der Waals surface area (Å²) in [5, 5.41) is 29.1. The van der Waals surface area contributed by atoms with Crippen LogP contribution in [0.15, 0.2) is 57.5 Å². The minimum Gasteiger partial charge on any atom is -0.465 e. The first-order valence-corrected chi connectivity index (χ1v) is 9.52. The van der Waals surface area contributed by atoms with Gasteiger partial charge in [0.25, 0.3) is 0 Å². The molecule has 8 heteroatoms. The van der Waals surface area contributed by atoms with Gasteiger partial charge in [0.1, 0.15) is 17.6 Å². The van der Waals surface area contributed by atoms with E-state index < -0.39 is 11.9 Å². The Bertz CT molecular complexity index is 1180. The van der Waals surface area contributed by atoms with Crippen molar-refractivity contribution < 1.29 is 33.5 Å². The van der Waals surface area contributed by atoms with E-state index in [1.807, 2.05) is 6.07 Å². The fraction of sp³-hybridized carbons (Fsp3) is 0.217. The molecule has 0 spiro atoms. The molecule has 0 radical (unpaired) electrons. The molecule has 31 heavy (non-hydrogen) atoms. The highest BCUT2D eigenvalue weighted by Gasteiger charge is 2.37. The Morgan fingerprint density at radius 3 is 2.77 bits per heavy atom. The van der Waals surface area contributed by atoms with Gasteiger partial charge < -0.3 is 19.4 Å². The number of aliphatic hydroxyl groups excluding tert-OH is 2. The summed E-state index contributed by atoms with van der Waals surface area (Å²) < 4.78 is 11.6. The first-order chi connectivity index (χ1) is 14.9. The highest BCUT2D eigenvalue weighted by atomic mass is 16.5. The van der Waals surface area contributed by atoms with Crippen molar-refractivity contribution in [1.82, 2.24) is 0 Å². The van der Waals surface area contributed by atoms with E-state index in [0.29, 0.717) is 28.2 Å². The summed E-state index contributed by atoms with van der Waals surface area (Å²) >= 11 is 0. The summed E-state index contributed by atoms with van der Waals surface area (Å²) in [4.78, 5) is 24.2. The van der Waals surface area contributed by atoms with Gasteiger partial charge in [-0.25, -0.2) is 9.59 Å². The third-order valence-corrected chi connectivity index (χ3v) is 4.87. The predicted molar refractivity (Wildman–Crippen MR) is 111 cm³/mol. The second-order valence-electron chi connectivity index (χ2n) is 6.80. The van der Waals surface area contributed by atoms with Gasteiger partial charge in [-0.2, -0.15) is 5.26 Å². The lowest BCUT2D eigenvalue weighted by Crippen LogP contribution is -2.35. The van der Waals surface area contributed by atoms with Crippen LogP contribution in [0.3, 0.4) is 0 Å². The molecule has 1 aromatic carbocycles. The number of aliphatic hydroxyl groups is 2. The zero-order valence-corrected chi connectivity index (χ0v) is 17.1. The zero-order chi connectivity index (χ0) is 22.5. The molecule has 158 valence electrons. The molecule has 0 saturated carbocycles. The molecule has 0 bridgehead atoms. The minimum absolute atomic E-state index is 0.0701. The van der Waals surface area contributed by atoms with Gasteiger partial charge in [0.05, 0.1) is 18.2 Å². The lowest BCUT2D eigenvalue weighted by molar-refractivity contribution is -0.454. The Balaban J connectivity index is 2.01. The first-order valence-electron chi connectivity index (χ1n) is 9.52. The number of nitriles is 1. The van der Waals surface area contributed by atoms with Crippen molar-refractivity contribution in [3.05, 3.63) is 64.4 Å². The number of furan rings is 1. The SMILES string of the molecule is COC(=O)c1cccc(-c2ccc(/C=C3/C(C)=C(C#N)C(=O)[N+](CCCO)=C3O)o2)c1. The highest BCUT2D eigenvalue weighted by Crippen LogP contribution is 2.28. The molecule has 0 aliphatic carbocycles. The number of rotatable bonds is 6. The van der Waals surface area contributed by atoms with Gasteiger partial charge in [0.2, 0.25) is 0 Å². The summed E-state index contributed by atoms with van der Waals surface area (Å²) in [7, 11) is 1.30. The second-order valence-corrected chi connectivity index (χ2v) is 6.80. The van der Waals surface area contributed by atoms with Crippen molar-refractivity contribution in [1.29, 1.82) is 5.26 Å². The molecular formula is C23H21N2O6+. The molecule has 2 N–H and O–H groups in total. The molecule has 2 heterocycles. The van der Waals surface area contributed by atoms with E-state index in [4.69, 9.17) is 14.3 Å². The number of esters is 1. The van der Waals surface area contributed by atoms with Crippen molar-refractivity contribution in [3.63, 3.8) is 0 Å². The van der Waals surface area contributed by atoms with Crippen LogP contribution in [0.4, 0.5) is 0 Å². The van der Waals surface area contributed by atoms with Crippen LogP contribution >= 0.6 is 0 Å². The van der Waals surface area contributed by atoms with Gasteiger partial charge >= 0.3 is 17.8 Å². The molecule has 1 aromatic heterocycles. The van der Waals surface area contributed by atoms with E-state index >= 15 is 0 Å². The molecule has 1 amide bonds. The Labute approximate surface area is 178 Å². The number of nitrogens with zero attached hydrogens (tertiary/aromatic N) is 2. The lowest BCUT2D eigenvalue weighted by Gasteiger charge is -2.13. The minimum atomic E-state index is -0.608. The quantitative estimate of drug-likeness (QED) is 0.543. The van der Waals surface area contributed by atoms with Crippen LogP contribution < -0.4 is 0 Å². The largest absolute Gasteiger partial charge is 0.465 e. The van der Waals surface area contributed by atoms with Gasteiger partial charge in [-0.1, -0.05) is 12.1 Å². The molecule has 0 unspecified atom stereocenters. The molecule has 8 nitrogen and oxygen atoms in total. The fourth-order valence-corrected chi connectivity index (χ4v) is 3.23. The number of carbonyl (C=O) groups excluding carboxylic acids is 2. The number of hydrogen-bond donors (Lipinski definition) is 2. The summed E-state index contributed by atoms with van der Waals surface area (Å²) in [6.07, 6.45) is 1.79. The standard InChI is InChI=1S/C23H20N2O6/c1-14-18(21(27)25(9-4-10-26)22(28)19(14)13-24)12-17-7-8-20(31-17)15-5-3-6-16(11-15)23(29)30-2/h3,5-8,11-12,26H,4,9-10H2,1-2H3/p+1/b18-12-. The van der Waals surface area contributed by atoms with Crippen molar-refractivity contribution in [2.45, 2.75) is 13.3 Å².